The molecule has 0 heterocycles. The van der Waals surface area contributed by atoms with Gasteiger partial charge in [-0.1, -0.05) is 30.3 Å². The molecule has 5 heteroatoms. The van der Waals surface area contributed by atoms with E-state index in [9.17, 15) is 4.79 Å². The summed E-state index contributed by atoms with van der Waals surface area (Å²) in [4.78, 5) is 11.8. The molecule has 2 aromatic carbocycles. The van der Waals surface area contributed by atoms with Gasteiger partial charge in [-0.3, -0.25) is 4.79 Å². The summed E-state index contributed by atoms with van der Waals surface area (Å²) in [5.74, 6) is 3.57. The fourth-order valence-electron chi connectivity index (χ4n) is 2.21. The molecule has 0 aliphatic rings. The Morgan fingerprint density at radius 1 is 1.04 bits per heavy atom. The van der Waals surface area contributed by atoms with E-state index in [4.69, 9.17) is 9.47 Å². The van der Waals surface area contributed by atoms with Crippen molar-refractivity contribution < 1.29 is 14.3 Å². The summed E-state index contributed by atoms with van der Waals surface area (Å²) in [6, 6.07) is 17.8. The van der Waals surface area contributed by atoms with Crippen LogP contribution in [0.2, 0.25) is 0 Å². The molecular weight excluding hydrogens is 334 g/mol. The Hall–Kier alpha value is -2.14. The lowest BCUT2D eigenvalue weighted by Crippen LogP contribution is -2.25. The molecule has 0 radical (unpaired) electrons. The van der Waals surface area contributed by atoms with Crippen LogP contribution in [0, 0.1) is 0 Å². The Bertz CT molecular complexity index is 617. The van der Waals surface area contributed by atoms with Crippen molar-refractivity contribution in [3.05, 3.63) is 60.2 Å². The summed E-state index contributed by atoms with van der Waals surface area (Å²) in [5, 5.41) is 2.95. The van der Waals surface area contributed by atoms with Crippen molar-refractivity contribution in [3.63, 3.8) is 0 Å². The minimum atomic E-state index is 0.0821. The monoisotopic (exact) mass is 359 g/mol. The highest BCUT2D eigenvalue weighted by Gasteiger charge is 2.02. The van der Waals surface area contributed by atoms with Crippen LogP contribution in [0.1, 0.15) is 18.4 Å². The van der Waals surface area contributed by atoms with Crippen molar-refractivity contribution in [3.8, 4) is 11.5 Å². The first-order valence-electron chi connectivity index (χ1n) is 8.43. The van der Waals surface area contributed by atoms with Crippen LogP contribution in [0.3, 0.4) is 0 Å². The highest BCUT2D eigenvalue weighted by atomic mass is 32.2. The number of hydrogen-bond donors (Lipinski definition) is 1. The molecule has 0 atom stereocenters. The van der Waals surface area contributed by atoms with Crippen molar-refractivity contribution in [2.75, 3.05) is 26.0 Å². The van der Waals surface area contributed by atoms with Gasteiger partial charge in [0.05, 0.1) is 13.7 Å². The minimum absolute atomic E-state index is 0.0821. The maximum atomic E-state index is 11.8. The number of amides is 1. The largest absolute Gasteiger partial charge is 0.497 e. The zero-order chi connectivity index (χ0) is 17.7. The molecule has 0 aliphatic carbocycles. The number of nitrogens with one attached hydrogen (secondary N) is 1. The standard InChI is InChI=1S/C20H25NO3S/c1-23-18-9-11-19(12-10-18)24-14-5-8-20(22)21-13-15-25-16-17-6-3-2-4-7-17/h2-4,6-7,9-12H,5,8,13-16H2,1H3,(H,21,22). The lowest BCUT2D eigenvalue weighted by molar-refractivity contribution is -0.121. The second kappa shape index (κ2) is 11.4. The maximum absolute atomic E-state index is 11.8. The molecule has 0 aromatic heterocycles. The highest BCUT2D eigenvalue weighted by Crippen LogP contribution is 2.17. The number of carbonyl (C=O) groups is 1. The first-order valence-corrected chi connectivity index (χ1v) is 9.58. The van der Waals surface area contributed by atoms with Gasteiger partial charge in [0.1, 0.15) is 11.5 Å². The average molecular weight is 359 g/mol. The summed E-state index contributed by atoms with van der Waals surface area (Å²) < 4.78 is 10.7. The van der Waals surface area contributed by atoms with Crippen molar-refractivity contribution >= 4 is 17.7 Å². The van der Waals surface area contributed by atoms with Gasteiger partial charge in [0.25, 0.3) is 0 Å². The van der Waals surface area contributed by atoms with Gasteiger partial charge in [-0.15, -0.1) is 0 Å². The van der Waals surface area contributed by atoms with E-state index in [1.54, 1.807) is 7.11 Å². The van der Waals surface area contributed by atoms with E-state index in [1.165, 1.54) is 5.56 Å². The van der Waals surface area contributed by atoms with Gasteiger partial charge >= 0.3 is 0 Å². The second-order valence-corrected chi connectivity index (χ2v) is 6.62. The van der Waals surface area contributed by atoms with Gasteiger partial charge < -0.3 is 14.8 Å². The molecule has 0 aliphatic heterocycles. The molecule has 0 fully saturated rings. The molecule has 0 saturated carbocycles. The van der Waals surface area contributed by atoms with Crippen LogP contribution < -0.4 is 14.8 Å². The van der Waals surface area contributed by atoms with E-state index in [0.717, 1.165) is 23.0 Å². The van der Waals surface area contributed by atoms with Crippen LogP contribution >= 0.6 is 11.8 Å². The fourth-order valence-corrected chi connectivity index (χ4v) is 3.03. The molecule has 2 aromatic rings. The summed E-state index contributed by atoms with van der Waals surface area (Å²) in [7, 11) is 1.63. The van der Waals surface area contributed by atoms with E-state index in [-0.39, 0.29) is 5.91 Å². The lowest BCUT2D eigenvalue weighted by Gasteiger charge is -2.08. The van der Waals surface area contributed by atoms with Crippen LogP contribution in [0.4, 0.5) is 0 Å². The number of benzene rings is 2. The van der Waals surface area contributed by atoms with Gasteiger partial charge in [0.15, 0.2) is 0 Å². The molecule has 0 spiro atoms. The van der Waals surface area contributed by atoms with Gasteiger partial charge in [0, 0.05) is 24.5 Å². The molecule has 0 saturated heterocycles. The Balaban J connectivity index is 1.48. The van der Waals surface area contributed by atoms with Crippen molar-refractivity contribution in [1.82, 2.24) is 5.32 Å². The Kier molecular flexibility index (Phi) is 8.77. The number of hydrogen-bond acceptors (Lipinski definition) is 4. The Morgan fingerprint density at radius 2 is 1.76 bits per heavy atom. The molecular formula is C20H25NO3S. The van der Waals surface area contributed by atoms with E-state index in [1.807, 2.05) is 54.2 Å². The maximum Gasteiger partial charge on any atom is 0.220 e. The van der Waals surface area contributed by atoms with Crippen molar-refractivity contribution in [2.24, 2.45) is 0 Å². The lowest BCUT2D eigenvalue weighted by atomic mass is 10.2. The van der Waals surface area contributed by atoms with E-state index >= 15 is 0 Å². The molecule has 0 unspecified atom stereocenters. The minimum Gasteiger partial charge on any atom is -0.497 e. The average Bonchev–Trinajstić information content (AvgIpc) is 2.66. The fraction of sp³-hybridized carbons (Fsp3) is 0.350. The predicted octanol–water partition coefficient (Wildman–Crippen LogP) is 3.90. The first-order chi connectivity index (χ1) is 12.3. The quantitative estimate of drug-likeness (QED) is 0.618. The molecule has 0 bridgehead atoms. The Morgan fingerprint density at radius 3 is 2.48 bits per heavy atom. The van der Waals surface area contributed by atoms with Crippen molar-refractivity contribution in [1.29, 1.82) is 0 Å². The van der Waals surface area contributed by atoms with Gasteiger partial charge in [0.2, 0.25) is 5.91 Å². The number of thioether (sulfide) groups is 1. The molecule has 1 N–H and O–H groups in total. The van der Waals surface area contributed by atoms with E-state index < -0.39 is 0 Å². The van der Waals surface area contributed by atoms with Crippen LogP contribution in [-0.2, 0) is 10.5 Å². The number of methoxy groups -OCH3 is 1. The third-order valence-electron chi connectivity index (χ3n) is 3.56. The Labute approximate surface area is 153 Å². The third-order valence-corrected chi connectivity index (χ3v) is 4.59. The highest BCUT2D eigenvalue weighted by molar-refractivity contribution is 7.98. The van der Waals surface area contributed by atoms with E-state index in [0.29, 0.717) is 26.0 Å². The number of ether oxygens (including phenoxy) is 2. The molecule has 25 heavy (non-hydrogen) atoms. The number of carbonyl (C=O) groups excluding carboxylic acids is 1. The topological polar surface area (TPSA) is 47.6 Å². The normalized spacial score (nSPS) is 10.3. The number of rotatable bonds is 11. The predicted molar refractivity (Wildman–Crippen MR) is 103 cm³/mol. The third kappa shape index (κ3) is 7.98. The first kappa shape index (κ1) is 19.2. The smallest absolute Gasteiger partial charge is 0.220 e. The summed E-state index contributed by atoms with van der Waals surface area (Å²) in [6.45, 7) is 1.23. The van der Waals surface area contributed by atoms with Crippen LogP contribution in [-0.4, -0.2) is 31.9 Å². The molecule has 2 rings (SSSR count). The molecule has 4 nitrogen and oxygen atoms in total. The van der Waals surface area contributed by atoms with Gasteiger partial charge in [-0.05, 0) is 36.2 Å². The van der Waals surface area contributed by atoms with Crippen LogP contribution in [0.5, 0.6) is 11.5 Å². The van der Waals surface area contributed by atoms with Gasteiger partial charge in [-0.25, -0.2) is 0 Å². The zero-order valence-electron chi connectivity index (χ0n) is 14.6. The van der Waals surface area contributed by atoms with Crippen molar-refractivity contribution in [2.45, 2.75) is 18.6 Å². The van der Waals surface area contributed by atoms with Crippen LogP contribution in [0.25, 0.3) is 0 Å². The summed E-state index contributed by atoms with van der Waals surface area (Å²) in [6.07, 6.45) is 1.19. The molecule has 134 valence electrons. The second-order valence-electron chi connectivity index (χ2n) is 5.52. The summed E-state index contributed by atoms with van der Waals surface area (Å²) >= 11 is 1.83. The SMILES string of the molecule is COc1ccc(OCCCC(=O)NCCSCc2ccccc2)cc1. The van der Waals surface area contributed by atoms with E-state index in [2.05, 4.69) is 17.4 Å². The zero-order valence-corrected chi connectivity index (χ0v) is 15.4. The summed E-state index contributed by atoms with van der Waals surface area (Å²) in [5.41, 5.74) is 1.31. The van der Waals surface area contributed by atoms with Gasteiger partial charge in [-0.2, -0.15) is 11.8 Å². The van der Waals surface area contributed by atoms with Crippen LogP contribution in [0.15, 0.2) is 54.6 Å². The molecule has 1 amide bonds.